The summed E-state index contributed by atoms with van der Waals surface area (Å²) in [5.41, 5.74) is 0.292. The van der Waals surface area contributed by atoms with E-state index in [9.17, 15) is 18.7 Å². The number of carbonyl (C=O) groups is 1. The van der Waals surface area contributed by atoms with Crippen LogP contribution in [0.4, 0.5) is 19.3 Å². The molecule has 0 heterocycles. The molecule has 0 bridgehead atoms. The summed E-state index contributed by atoms with van der Waals surface area (Å²) in [5, 5.41) is 14.5. The van der Waals surface area contributed by atoms with Gasteiger partial charge >= 0.3 is 6.03 Å². The number of carbonyl (C=O) groups excluding carboxylic acids is 1. The highest BCUT2D eigenvalue weighted by atomic mass is 35.5. The van der Waals surface area contributed by atoms with Crippen molar-refractivity contribution >= 4 is 23.3 Å². The molecular weight excluding hydrogens is 314 g/mol. The summed E-state index contributed by atoms with van der Waals surface area (Å²) in [5.74, 6) is -1.22. The molecule has 0 aliphatic heterocycles. The summed E-state index contributed by atoms with van der Waals surface area (Å²) < 4.78 is 26.7. The molecule has 0 spiro atoms. The van der Waals surface area contributed by atoms with Gasteiger partial charge in [-0.15, -0.1) is 0 Å². The number of hydrogen-bond donors (Lipinski definition) is 3. The maximum Gasteiger partial charge on any atom is 0.319 e. The van der Waals surface area contributed by atoms with Gasteiger partial charge in [0.05, 0.1) is 11.1 Å². The molecule has 0 saturated heterocycles. The molecule has 7 heteroatoms. The summed E-state index contributed by atoms with van der Waals surface area (Å²) in [6, 6.07) is 8.87. The first-order chi connectivity index (χ1) is 10.5. The van der Waals surface area contributed by atoms with E-state index < -0.39 is 23.8 Å². The third-order valence-corrected chi connectivity index (χ3v) is 3.20. The van der Waals surface area contributed by atoms with Crippen molar-refractivity contribution in [2.45, 2.75) is 6.10 Å². The molecule has 0 fully saturated rings. The van der Waals surface area contributed by atoms with Crippen molar-refractivity contribution in [3.8, 4) is 0 Å². The molecule has 0 radical (unpaired) electrons. The van der Waals surface area contributed by atoms with Gasteiger partial charge in [-0.3, -0.25) is 0 Å². The van der Waals surface area contributed by atoms with E-state index in [0.717, 1.165) is 6.07 Å². The first kappa shape index (κ1) is 16.2. The monoisotopic (exact) mass is 326 g/mol. The molecule has 0 aliphatic rings. The number of rotatable bonds is 4. The molecule has 0 saturated carbocycles. The van der Waals surface area contributed by atoms with E-state index in [1.54, 1.807) is 6.07 Å². The second-order valence-corrected chi connectivity index (χ2v) is 4.91. The van der Waals surface area contributed by atoms with Crippen molar-refractivity contribution in [2.75, 3.05) is 11.9 Å². The minimum atomic E-state index is -1.19. The molecule has 1 atom stereocenters. The van der Waals surface area contributed by atoms with Gasteiger partial charge in [-0.2, -0.15) is 0 Å². The normalized spacial score (nSPS) is 11.8. The zero-order valence-electron chi connectivity index (χ0n) is 11.3. The van der Waals surface area contributed by atoms with E-state index in [0.29, 0.717) is 0 Å². The van der Waals surface area contributed by atoms with E-state index >= 15 is 0 Å². The lowest BCUT2D eigenvalue weighted by Gasteiger charge is -2.13. The van der Waals surface area contributed by atoms with Crippen LogP contribution >= 0.6 is 11.6 Å². The van der Waals surface area contributed by atoms with Gasteiger partial charge in [0, 0.05) is 17.8 Å². The number of anilines is 1. The predicted molar refractivity (Wildman–Crippen MR) is 79.8 cm³/mol. The zero-order valence-corrected chi connectivity index (χ0v) is 12.1. The number of urea groups is 1. The molecule has 2 aromatic rings. The molecule has 0 aliphatic carbocycles. The number of hydrogen-bond acceptors (Lipinski definition) is 2. The second kappa shape index (κ2) is 7.20. The number of nitrogens with one attached hydrogen (secondary N) is 2. The van der Waals surface area contributed by atoms with Gasteiger partial charge in [-0.25, -0.2) is 13.6 Å². The van der Waals surface area contributed by atoms with Crippen LogP contribution in [0.3, 0.4) is 0 Å². The Morgan fingerprint density at radius 3 is 2.59 bits per heavy atom. The third kappa shape index (κ3) is 4.16. The van der Waals surface area contributed by atoms with E-state index in [4.69, 9.17) is 11.6 Å². The summed E-state index contributed by atoms with van der Waals surface area (Å²) in [4.78, 5) is 11.6. The third-order valence-electron chi connectivity index (χ3n) is 2.90. The van der Waals surface area contributed by atoms with Gasteiger partial charge < -0.3 is 15.7 Å². The minimum Gasteiger partial charge on any atom is -0.386 e. The van der Waals surface area contributed by atoms with Gasteiger partial charge in [0.1, 0.15) is 11.6 Å². The molecule has 1 unspecified atom stereocenters. The van der Waals surface area contributed by atoms with E-state index in [-0.39, 0.29) is 22.8 Å². The van der Waals surface area contributed by atoms with Gasteiger partial charge in [0.2, 0.25) is 0 Å². The van der Waals surface area contributed by atoms with Crippen LogP contribution in [0.1, 0.15) is 11.7 Å². The standard InChI is InChI=1S/C15H13ClF2N2O2/c16-11-6-5-9(7-13(11)18)20-15(22)19-8-14(21)10-3-1-2-4-12(10)17/h1-7,14,21H,8H2,(H2,19,20,22). The van der Waals surface area contributed by atoms with E-state index in [2.05, 4.69) is 10.6 Å². The Morgan fingerprint density at radius 2 is 1.91 bits per heavy atom. The molecule has 116 valence electrons. The van der Waals surface area contributed by atoms with E-state index in [1.807, 2.05) is 0 Å². The maximum absolute atomic E-state index is 13.5. The summed E-state index contributed by atoms with van der Waals surface area (Å²) in [6.07, 6.45) is -1.19. The molecule has 2 aromatic carbocycles. The van der Waals surface area contributed by atoms with Crippen molar-refractivity contribution in [2.24, 2.45) is 0 Å². The Balaban J connectivity index is 1.90. The predicted octanol–water partition coefficient (Wildman–Crippen LogP) is 3.47. The van der Waals surface area contributed by atoms with Crippen molar-refractivity contribution in [1.82, 2.24) is 5.32 Å². The van der Waals surface area contributed by atoms with Gasteiger partial charge in [0.15, 0.2) is 0 Å². The lowest BCUT2D eigenvalue weighted by molar-refractivity contribution is 0.170. The number of aliphatic hydroxyl groups excluding tert-OH is 1. The lowest BCUT2D eigenvalue weighted by Crippen LogP contribution is -2.32. The SMILES string of the molecule is O=C(NCC(O)c1ccccc1F)Nc1ccc(Cl)c(F)c1. The molecule has 2 amide bonds. The van der Waals surface area contributed by atoms with Crippen molar-refractivity contribution in [3.05, 3.63) is 64.7 Å². The Labute approximate surface area is 130 Å². The fourth-order valence-electron chi connectivity index (χ4n) is 1.79. The molecule has 3 N–H and O–H groups in total. The average Bonchev–Trinajstić information content (AvgIpc) is 2.49. The lowest BCUT2D eigenvalue weighted by atomic mass is 10.1. The highest BCUT2D eigenvalue weighted by Crippen LogP contribution is 2.19. The van der Waals surface area contributed by atoms with Crippen LogP contribution in [-0.2, 0) is 0 Å². The van der Waals surface area contributed by atoms with Crippen LogP contribution in [0.2, 0.25) is 5.02 Å². The number of benzene rings is 2. The second-order valence-electron chi connectivity index (χ2n) is 4.50. The van der Waals surface area contributed by atoms with Gasteiger partial charge in [0.25, 0.3) is 0 Å². The molecule has 22 heavy (non-hydrogen) atoms. The van der Waals surface area contributed by atoms with Crippen LogP contribution in [-0.4, -0.2) is 17.7 Å². The topological polar surface area (TPSA) is 61.4 Å². The average molecular weight is 327 g/mol. The Morgan fingerprint density at radius 1 is 1.18 bits per heavy atom. The maximum atomic E-state index is 13.5. The van der Waals surface area contributed by atoms with Crippen molar-refractivity contribution in [3.63, 3.8) is 0 Å². The van der Waals surface area contributed by atoms with Crippen LogP contribution in [0.5, 0.6) is 0 Å². The van der Waals surface area contributed by atoms with E-state index in [1.165, 1.54) is 30.3 Å². The number of amides is 2. The first-order valence-electron chi connectivity index (χ1n) is 6.40. The molecule has 0 aromatic heterocycles. The van der Waals surface area contributed by atoms with Crippen LogP contribution < -0.4 is 10.6 Å². The fraction of sp³-hybridized carbons (Fsp3) is 0.133. The van der Waals surface area contributed by atoms with Crippen LogP contribution in [0.25, 0.3) is 0 Å². The molecule has 2 rings (SSSR count). The highest BCUT2D eigenvalue weighted by molar-refractivity contribution is 6.30. The quantitative estimate of drug-likeness (QED) is 0.805. The largest absolute Gasteiger partial charge is 0.386 e. The van der Waals surface area contributed by atoms with Crippen LogP contribution in [0.15, 0.2) is 42.5 Å². The Hall–Kier alpha value is -2.18. The van der Waals surface area contributed by atoms with Gasteiger partial charge in [-0.1, -0.05) is 29.8 Å². The highest BCUT2D eigenvalue weighted by Gasteiger charge is 2.13. The number of halogens is 3. The van der Waals surface area contributed by atoms with Gasteiger partial charge in [-0.05, 0) is 24.3 Å². The molecular formula is C15H13ClF2N2O2. The Bertz CT molecular complexity index is 682. The zero-order chi connectivity index (χ0) is 16.1. The van der Waals surface area contributed by atoms with Crippen molar-refractivity contribution < 1.29 is 18.7 Å². The van der Waals surface area contributed by atoms with Crippen molar-refractivity contribution in [1.29, 1.82) is 0 Å². The van der Waals surface area contributed by atoms with Crippen LogP contribution in [0, 0.1) is 11.6 Å². The Kier molecular flexibility index (Phi) is 5.30. The minimum absolute atomic E-state index is 0.0547. The summed E-state index contributed by atoms with van der Waals surface area (Å²) in [7, 11) is 0. The fourth-order valence-corrected chi connectivity index (χ4v) is 1.91. The molecule has 4 nitrogen and oxygen atoms in total. The summed E-state index contributed by atoms with van der Waals surface area (Å²) in [6.45, 7) is -0.192. The summed E-state index contributed by atoms with van der Waals surface area (Å²) >= 11 is 5.53. The smallest absolute Gasteiger partial charge is 0.319 e. The first-order valence-corrected chi connectivity index (χ1v) is 6.77. The number of aliphatic hydroxyl groups is 1.